The summed E-state index contributed by atoms with van der Waals surface area (Å²) in [6.45, 7) is 9.76. The van der Waals surface area contributed by atoms with Gasteiger partial charge < -0.3 is 29.8 Å². The number of nitrogens with zero attached hydrogens (tertiary/aromatic N) is 4. The second-order valence-corrected chi connectivity index (χ2v) is 8.50. The molecule has 0 heterocycles. The van der Waals surface area contributed by atoms with Gasteiger partial charge in [-0.05, 0) is 33.6 Å². The predicted octanol–water partition coefficient (Wildman–Crippen LogP) is 0.312. The number of carbonyl (C=O) groups excluding carboxylic acids is 4. The zero-order valence-electron chi connectivity index (χ0n) is 21.0. The first-order valence-corrected chi connectivity index (χ1v) is 12.0. The summed E-state index contributed by atoms with van der Waals surface area (Å²) in [5, 5.41) is 19.3. The second-order valence-electron chi connectivity index (χ2n) is 8.50. The molecule has 10 nitrogen and oxygen atoms in total. The first-order valence-electron chi connectivity index (χ1n) is 12.0. The van der Waals surface area contributed by atoms with Gasteiger partial charge in [-0.3, -0.25) is 19.2 Å². The molecule has 0 saturated heterocycles. The lowest BCUT2D eigenvalue weighted by atomic mass is 10.2. The summed E-state index contributed by atoms with van der Waals surface area (Å²) in [5.41, 5.74) is 0. The third kappa shape index (κ3) is 13.2. The molecule has 0 aliphatic rings. The zero-order valence-corrected chi connectivity index (χ0v) is 21.0. The van der Waals surface area contributed by atoms with Gasteiger partial charge >= 0.3 is 0 Å². The van der Waals surface area contributed by atoms with Gasteiger partial charge in [0.05, 0.1) is 31.8 Å². The Balaban J connectivity index is 5.40. The van der Waals surface area contributed by atoms with Gasteiger partial charge in [-0.2, -0.15) is 0 Å². The van der Waals surface area contributed by atoms with Crippen LogP contribution in [0.25, 0.3) is 0 Å². The molecule has 4 amide bonds. The molecule has 0 rings (SSSR count). The minimum atomic E-state index is -0.876. The number of aliphatic hydroxyl groups excluding tert-OH is 2. The van der Waals surface area contributed by atoms with Crippen LogP contribution in [0.5, 0.6) is 0 Å². The Morgan fingerprint density at radius 3 is 1.64 bits per heavy atom. The molecule has 2 unspecified atom stereocenters. The second kappa shape index (κ2) is 17.3. The Morgan fingerprint density at radius 2 is 1.18 bits per heavy atom. The van der Waals surface area contributed by atoms with Gasteiger partial charge in [0, 0.05) is 32.7 Å². The average molecular weight is 473 g/mol. The lowest BCUT2D eigenvalue weighted by Crippen LogP contribution is -2.51. The van der Waals surface area contributed by atoms with Crippen LogP contribution in [0.2, 0.25) is 0 Å². The fourth-order valence-corrected chi connectivity index (χ4v) is 3.31. The van der Waals surface area contributed by atoms with Crippen LogP contribution < -0.4 is 0 Å². The number of amides is 4. The van der Waals surface area contributed by atoms with E-state index in [9.17, 15) is 29.4 Å². The molecular weight excluding hydrogens is 428 g/mol. The summed E-state index contributed by atoms with van der Waals surface area (Å²) in [7, 11) is 0. The zero-order chi connectivity index (χ0) is 25.4. The van der Waals surface area contributed by atoms with Crippen LogP contribution in [0.15, 0.2) is 0 Å². The highest BCUT2D eigenvalue weighted by Gasteiger charge is 2.26. The van der Waals surface area contributed by atoms with E-state index in [2.05, 4.69) is 6.92 Å². The third-order valence-electron chi connectivity index (χ3n) is 5.13. The van der Waals surface area contributed by atoms with Gasteiger partial charge in [0.1, 0.15) is 0 Å². The van der Waals surface area contributed by atoms with Crippen molar-refractivity contribution in [3.05, 3.63) is 0 Å². The largest absolute Gasteiger partial charge is 0.392 e. The maximum Gasteiger partial charge on any atom is 0.242 e. The van der Waals surface area contributed by atoms with Crippen molar-refractivity contribution in [3.63, 3.8) is 0 Å². The molecule has 0 radical (unpaired) electrons. The van der Waals surface area contributed by atoms with Crippen molar-refractivity contribution >= 4 is 24.1 Å². The van der Waals surface area contributed by atoms with Crippen molar-refractivity contribution in [1.29, 1.82) is 0 Å². The van der Waals surface area contributed by atoms with E-state index in [1.165, 1.54) is 23.6 Å². The van der Waals surface area contributed by atoms with Gasteiger partial charge in [0.25, 0.3) is 0 Å². The summed E-state index contributed by atoms with van der Waals surface area (Å²) < 4.78 is 0. The summed E-state index contributed by atoms with van der Waals surface area (Å²) >= 11 is 0. The van der Waals surface area contributed by atoms with E-state index in [0.29, 0.717) is 26.0 Å². The molecule has 0 saturated carbocycles. The van der Waals surface area contributed by atoms with Crippen molar-refractivity contribution in [3.8, 4) is 0 Å². The molecule has 10 heteroatoms. The number of hydrogen-bond acceptors (Lipinski definition) is 6. The Kier molecular flexibility index (Phi) is 16.1. The molecule has 2 atom stereocenters. The normalized spacial score (nSPS) is 12.6. The SMILES string of the molecule is CCCCN(CC)C(=O)CN(CCCC)C(=O)CN(CC(C)O)C(=O)CN(C=O)CC(C)O. The number of carbonyl (C=O) groups is 4. The highest BCUT2D eigenvalue weighted by Crippen LogP contribution is 2.05. The van der Waals surface area contributed by atoms with E-state index >= 15 is 0 Å². The number of unbranched alkanes of at least 4 members (excludes halogenated alkanes) is 2. The van der Waals surface area contributed by atoms with Crippen molar-refractivity contribution in [2.24, 2.45) is 0 Å². The van der Waals surface area contributed by atoms with E-state index in [0.717, 1.165) is 30.6 Å². The number of rotatable bonds is 18. The maximum absolute atomic E-state index is 13.1. The van der Waals surface area contributed by atoms with E-state index in [1.54, 1.807) is 4.90 Å². The van der Waals surface area contributed by atoms with Crippen molar-refractivity contribution in [2.45, 2.75) is 72.5 Å². The van der Waals surface area contributed by atoms with Crippen LogP contribution in [0.4, 0.5) is 0 Å². The molecule has 0 aromatic heterocycles. The molecule has 0 aromatic rings. The maximum atomic E-state index is 13.1. The van der Waals surface area contributed by atoms with Crippen molar-refractivity contribution in [1.82, 2.24) is 19.6 Å². The van der Waals surface area contributed by atoms with Crippen LogP contribution in [-0.4, -0.2) is 119 Å². The predicted molar refractivity (Wildman–Crippen MR) is 126 cm³/mol. The summed E-state index contributed by atoms with van der Waals surface area (Å²) in [6.07, 6.45) is 2.20. The molecule has 0 fully saturated rings. The quantitative estimate of drug-likeness (QED) is 0.277. The van der Waals surface area contributed by atoms with Crippen LogP contribution >= 0.6 is 0 Å². The number of likely N-dealkylation sites (N-methyl/N-ethyl adjacent to an activating group) is 1. The topological polar surface area (TPSA) is 122 Å². The molecule has 0 spiro atoms. The fourth-order valence-electron chi connectivity index (χ4n) is 3.31. The van der Waals surface area contributed by atoms with Gasteiger partial charge in [0.15, 0.2) is 0 Å². The minimum absolute atomic E-state index is 0.0204. The van der Waals surface area contributed by atoms with Gasteiger partial charge in [-0.25, -0.2) is 0 Å². The van der Waals surface area contributed by atoms with Gasteiger partial charge in [0.2, 0.25) is 24.1 Å². The van der Waals surface area contributed by atoms with Gasteiger partial charge in [-0.1, -0.05) is 26.7 Å². The molecule has 0 aliphatic heterocycles. The molecule has 0 bridgehead atoms. The summed E-state index contributed by atoms with van der Waals surface area (Å²) in [5.74, 6) is -1.03. The number of aliphatic hydroxyl groups is 2. The van der Waals surface area contributed by atoms with Crippen LogP contribution in [-0.2, 0) is 19.2 Å². The Morgan fingerprint density at radius 1 is 0.727 bits per heavy atom. The highest BCUT2D eigenvalue weighted by atomic mass is 16.3. The van der Waals surface area contributed by atoms with Crippen molar-refractivity contribution < 1.29 is 29.4 Å². The Labute approximate surface area is 198 Å². The minimum Gasteiger partial charge on any atom is -0.392 e. The van der Waals surface area contributed by atoms with Crippen molar-refractivity contribution in [2.75, 3.05) is 52.4 Å². The molecule has 192 valence electrons. The monoisotopic (exact) mass is 472 g/mol. The molecule has 2 N–H and O–H groups in total. The van der Waals surface area contributed by atoms with Crippen LogP contribution in [0, 0.1) is 0 Å². The molecular formula is C23H44N4O6. The van der Waals surface area contributed by atoms with E-state index in [1.807, 2.05) is 13.8 Å². The number of hydrogen-bond donors (Lipinski definition) is 2. The first kappa shape index (κ1) is 30.8. The van der Waals surface area contributed by atoms with Gasteiger partial charge in [-0.15, -0.1) is 0 Å². The van der Waals surface area contributed by atoms with Crippen LogP contribution in [0.3, 0.4) is 0 Å². The standard InChI is InChI=1S/C23H44N4O6/c1-6-9-11-25(8-3)22(32)16-26(12-10-7-2)23(33)17-27(14-20(5)30)21(31)15-24(18-28)13-19(4)29/h18-20,29-30H,6-17H2,1-5H3. The highest BCUT2D eigenvalue weighted by molar-refractivity contribution is 5.89. The average Bonchev–Trinajstić information content (AvgIpc) is 2.75. The smallest absolute Gasteiger partial charge is 0.242 e. The lowest BCUT2D eigenvalue weighted by Gasteiger charge is -2.31. The molecule has 0 aliphatic carbocycles. The fraction of sp³-hybridized carbons (Fsp3) is 0.826. The third-order valence-corrected chi connectivity index (χ3v) is 5.13. The lowest BCUT2D eigenvalue weighted by molar-refractivity contribution is -0.146. The van der Waals surface area contributed by atoms with E-state index < -0.39 is 18.1 Å². The van der Waals surface area contributed by atoms with Crippen LogP contribution in [0.1, 0.15) is 60.3 Å². The van der Waals surface area contributed by atoms with E-state index in [4.69, 9.17) is 0 Å². The van der Waals surface area contributed by atoms with E-state index in [-0.39, 0.29) is 44.5 Å². The Bertz CT molecular complexity index is 600. The molecule has 33 heavy (non-hydrogen) atoms. The first-order chi connectivity index (χ1) is 15.6. The molecule has 0 aromatic carbocycles. The summed E-state index contributed by atoms with van der Waals surface area (Å²) in [4.78, 5) is 55.4. The Hall–Kier alpha value is -2.20. The summed E-state index contributed by atoms with van der Waals surface area (Å²) in [6, 6.07) is 0.